The topological polar surface area (TPSA) is 60.4 Å². The van der Waals surface area contributed by atoms with E-state index in [1.165, 1.54) is 18.9 Å². The standard InChI is InChI=1S/C13H18O3.K/c1-2-3-4-5-6-10-7-11(13(15)16)9-12(14)8-10;/h7-9,14H,2-6H2,1H3,(H,15,16);/q;+1/p-1. The van der Waals surface area contributed by atoms with Crippen LogP contribution in [0, 0.1) is 0 Å². The Morgan fingerprint density at radius 2 is 1.94 bits per heavy atom. The number of carbonyl (C=O) groups is 1. The second-order valence-corrected chi connectivity index (χ2v) is 3.98. The van der Waals surface area contributed by atoms with E-state index in [4.69, 9.17) is 5.11 Å². The van der Waals surface area contributed by atoms with Gasteiger partial charge in [0.05, 0.1) is 5.56 Å². The molecule has 0 radical (unpaired) electrons. The van der Waals surface area contributed by atoms with Crippen molar-refractivity contribution < 1.29 is 66.4 Å². The molecule has 3 nitrogen and oxygen atoms in total. The summed E-state index contributed by atoms with van der Waals surface area (Å²) in [7, 11) is 0. The molecule has 4 heteroatoms. The van der Waals surface area contributed by atoms with Gasteiger partial charge in [-0.05, 0) is 24.5 Å². The first kappa shape index (κ1) is 17.1. The van der Waals surface area contributed by atoms with Gasteiger partial charge < -0.3 is 10.2 Å². The van der Waals surface area contributed by atoms with E-state index in [0.29, 0.717) is 0 Å². The first-order valence-electron chi connectivity index (χ1n) is 5.67. The SMILES string of the molecule is CCCCCCc1cc([O-])cc(C(=O)O)c1.[K+]. The Morgan fingerprint density at radius 1 is 1.24 bits per heavy atom. The first-order chi connectivity index (χ1) is 7.63. The van der Waals surface area contributed by atoms with E-state index in [-0.39, 0.29) is 62.7 Å². The Bertz CT molecular complexity index is 364. The summed E-state index contributed by atoms with van der Waals surface area (Å²) in [5.74, 6) is -1.25. The molecule has 1 aromatic rings. The molecule has 0 aliphatic heterocycles. The largest absolute Gasteiger partial charge is 1.00 e. The van der Waals surface area contributed by atoms with Gasteiger partial charge >= 0.3 is 57.4 Å². The molecule has 0 aliphatic rings. The van der Waals surface area contributed by atoms with Crippen LogP contribution in [0.1, 0.15) is 48.5 Å². The zero-order valence-electron chi connectivity index (χ0n) is 10.5. The van der Waals surface area contributed by atoms with Crippen molar-refractivity contribution in [3.05, 3.63) is 29.3 Å². The van der Waals surface area contributed by atoms with Crippen molar-refractivity contribution >= 4 is 5.97 Å². The third-order valence-corrected chi connectivity index (χ3v) is 2.53. The van der Waals surface area contributed by atoms with Crippen LogP contribution >= 0.6 is 0 Å². The van der Waals surface area contributed by atoms with Gasteiger partial charge in [-0.2, -0.15) is 0 Å². The van der Waals surface area contributed by atoms with Gasteiger partial charge in [-0.3, -0.25) is 0 Å². The van der Waals surface area contributed by atoms with E-state index in [2.05, 4.69) is 6.92 Å². The van der Waals surface area contributed by atoms with Crippen LogP contribution in [0.25, 0.3) is 0 Å². The minimum Gasteiger partial charge on any atom is -0.872 e. The zero-order chi connectivity index (χ0) is 12.0. The Morgan fingerprint density at radius 3 is 2.53 bits per heavy atom. The van der Waals surface area contributed by atoms with Crippen LogP contribution in [0.3, 0.4) is 0 Å². The predicted octanol–water partition coefficient (Wildman–Crippen LogP) is -0.415. The van der Waals surface area contributed by atoms with Crippen LogP contribution in [-0.2, 0) is 6.42 Å². The van der Waals surface area contributed by atoms with E-state index in [1.54, 1.807) is 6.07 Å². The maximum Gasteiger partial charge on any atom is 1.00 e. The quantitative estimate of drug-likeness (QED) is 0.558. The second kappa shape index (κ2) is 9.11. The molecule has 1 N–H and O–H groups in total. The number of hydrogen-bond acceptors (Lipinski definition) is 2. The molecule has 0 amide bonds. The molecule has 0 unspecified atom stereocenters. The molecule has 0 aliphatic carbocycles. The molecule has 1 aromatic carbocycles. The second-order valence-electron chi connectivity index (χ2n) is 3.98. The Hall–Kier alpha value is 0.126. The van der Waals surface area contributed by atoms with Gasteiger partial charge in [-0.15, -0.1) is 5.75 Å². The summed E-state index contributed by atoms with van der Waals surface area (Å²) >= 11 is 0. The number of hydrogen-bond donors (Lipinski definition) is 1. The molecule has 17 heavy (non-hydrogen) atoms. The monoisotopic (exact) mass is 260 g/mol. The Labute approximate surface area is 145 Å². The minimum absolute atomic E-state index is 0. The van der Waals surface area contributed by atoms with E-state index in [0.717, 1.165) is 30.9 Å². The van der Waals surface area contributed by atoms with Gasteiger partial charge in [-0.25, -0.2) is 4.79 Å². The first-order valence-corrected chi connectivity index (χ1v) is 5.67. The Kier molecular flexibility index (Phi) is 9.18. The van der Waals surface area contributed by atoms with Crippen molar-refractivity contribution in [2.75, 3.05) is 0 Å². The van der Waals surface area contributed by atoms with Crippen LogP contribution in [0.2, 0.25) is 0 Å². The molecular weight excluding hydrogens is 243 g/mol. The average molecular weight is 260 g/mol. The number of aromatic carboxylic acids is 1. The van der Waals surface area contributed by atoms with Gasteiger partial charge in [0, 0.05) is 0 Å². The summed E-state index contributed by atoms with van der Waals surface area (Å²) in [5, 5.41) is 20.0. The van der Waals surface area contributed by atoms with Gasteiger partial charge in [0.1, 0.15) is 0 Å². The molecule has 0 bridgehead atoms. The molecule has 0 saturated heterocycles. The zero-order valence-corrected chi connectivity index (χ0v) is 13.7. The van der Waals surface area contributed by atoms with E-state index in [9.17, 15) is 9.90 Å². The van der Waals surface area contributed by atoms with Crippen LogP contribution in [0.15, 0.2) is 18.2 Å². The summed E-state index contributed by atoms with van der Waals surface area (Å²) in [6, 6.07) is 4.28. The molecule has 0 aromatic heterocycles. The van der Waals surface area contributed by atoms with Gasteiger partial charge in [0.25, 0.3) is 0 Å². The molecule has 1 rings (SSSR count). The molecule has 0 saturated carbocycles. The minimum atomic E-state index is -1.03. The maximum absolute atomic E-state index is 11.2. The fourth-order valence-electron chi connectivity index (χ4n) is 1.68. The third-order valence-electron chi connectivity index (χ3n) is 2.53. The van der Waals surface area contributed by atoms with Crippen molar-refractivity contribution in [2.45, 2.75) is 39.0 Å². The number of carboxylic acids is 1. The van der Waals surface area contributed by atoms with Gasteiger partial charge in [0.2, 0.25) is 0 Å². The van der Waals surface area contributed by atoms with Crippen LogP contribution in [0.5, 0.6) is 5.75 Å². The number of carboxylic acid groups (broad SMARTS) is 1. The molecule has 0 atom stereocenters. The smallest absolute Gasteiger partial charge is 0.872 e. The van der Waals surface area contributed by atoms with Gasteiger partial charge in [0.15, 0.2) is 0 Å². The summed E-state index contributed by atoms with van der Waals surface area (Å²) in [6.07, 6.45) is 5.28. The van der Waals surface area contributed by atoms with Crippen LogP contribution in [-0.4, -0.2) is 11.1 Å². The van der Waals surface area contributed by atoms with Crippen molar-refractivity contribution in [2.24, 2.45) is 0 Å². The fraction of sp³-hybridized carbons (Fsp3) is 0.462. The van der Waals surface area contributed by atoms with E-state index < -0.39 is 5.97 Å². The summed E-state index contributed by atoms with van der Waals surface area (Å²) in [6.45, 7) is 2.14. The maximum atomic E-state index is 11.2. The average Bonchev–Trinajstić information content (AvgIpc) is 2.23. The molecule has 88 valence electrons. The summed E-state index contributed by atoms with van der Waals surface area (Å²) < 4.78 is 0. The summed E-state index contributed by atoms with van der Waals surface area (Å²) in [4.78, 5) is 10.7. The Balaban J connectivity index is 0.00000256. The number of aryl methyl sites for hydroxylation is 1. The summed E-state index contributed by atoms with van der Waals surface area (Å²) in [5.41, 5.74) is 0.930. The van der Waals surface area contributed by atoms with Crippen molar-refractivity contribution in [3.8, 4) is 5.75 Å². The molecule has 0 fully saturated rings. The number of rotatable bonds is 6. The van der Waals surface area contributed by atoms with Crippen molar-refractivity contribution in [1.82, 2.24) is 0 Å². The van der Waals surface area contributed by atoms with Crippen molar-refractivity contribution in [1.29, 1.82) is 0 Å². The molecule has 0 heterocycles. The van der Waals surface area contributed by atoms with Crippen LogP contribution in [0.4, 0.5) is 0 Å². The van der Waals surface area contributed by atoms with E-state index in [1.807, 2.05) is 0 Å². The van der Waals surface area contributed by atoms with E-state index >= 15 is 0 Å². The third kappa shape index (κ3) is 6.57. The molecule has 0 spiro atoms. The predicted molar refractivity (Wildman–Crippen MR) is 60.7 cm³/mol. The number of unbranched alkanes of at least 4 members (excludes halogenated alkanes) is 3. The van der Waals surface area contributed by atoms with Crippen molar-refractivity contribution in [3.63, 3.8) is 0 Å². The fourth-order valence-corrected chi connectivity index (χ4v) is 1.68. The normalized spacial score (nSPS) is 9.71. The van der Waals surface area contributed by atoms with Gasteiger partial charge in [-0.1, -0.05) is 38.3 Å². The number of benzene rings is 1. The van der Waals surface area contributed by atoms with Crippen LogP contribution < -0.4 is 56.5 Å². The molecular formula is C13H17KO3.